The van der Waals surface area contributed by atoms with Crippen LogP contribution in [0, 0.1) is 13.8 Å². The van der Waals surface area contributed by atoms with Gasteiger partial charge in [-0.1, -0.05) is 56.3 Å². The normalized spacial score (nSPS) is 15.7. The van der Waals surface area contributed by atoms with Gasteiger partial charge in [0.05, 0.1) is 23.5 Å². The topological polar surface area (TPSA) is 87.0 Å². The maximum atomic E-state index is 15.1. The number of alkyl halides is 6. The molecule has 3 amide bonds. The van der Waals surface area contributed by atoms with Crippen LogP contribution in [-0.4, -0.2) is 36.7 Å². The lowest BCUT2D eigenvalue weighted by molar-refractivity contribution is -0.288. The van der Waals surface area contributed by atoms with Crippen molar-refractivity contribution in [2.75, 3.05) is 21.4 Å². The summed E-state index contributed by atoms with van der Waals surface area (Å²) < 4.78 is 90.8. The molecule has 0 unspecified atom stereocenters. The van der Waals surface area contributed by atoms with Crippen molar-refractivity contribution in [2.24, 2.45) is 5.73 Å². The monoisotopic (exact) mass is 706 g/mol. The Morgan fingerprint density at radius 2 is 1.33 bits per heavy atom. The summed E-state index contributed by atoms with van der Waals surface area (Å²) in [5.74, 6) is -3.56. The van der Waals surface area contributed by atoms with Gasteiger partial charge < -0.3 is 15.5 Å². The van der Waals surface area contributed by atoms with Gasteiger partial charge in [0.25, 0.3) is 11.8 Å². The van der Waals surface area contributed by atoms with Gasteiger partial charge >= 0.3 is 12.4 Å². The number of hydrogen-bond acceptors (Lipinski definition) is 5. The molecule has 7 rings (SSSR count). The van der Waals surface area contributed by atoms with Gasteiger partial charge in [0.2, 0.25) is 11.3 Å². The Kier molecular flexibility index (Phi) is 7.59. The lowest BCUT2D eigenvalue weighted by Gasteiger charge is -2.46. The average molecular weight is 707 g/mol. The zero-order valence-electron chi connectivity index (χ0n) is 28.0. The fourth-order valence-corrected chi connectivity index (χ4v) is 8.05. The molecule has 264 valence electrons. The zero-order chi connectivity index (χ0) is 36.9. The van der Waals surface area contributed by atoms with Crippen LogP contribution in [-0.2, 0) is 18.5 Å². The van der Waals surface area contributed by atoms with E-state index >= 15 is 26.3 Å². The van der Waals surface area contributed by atoms with Gasteiger partial charge in [-0.2, -0.15) is 26.3 Å². The fourth-order valence-electron chi connectivity index (χ4n) is 8.05. The molecule has 7 nitrogen and oxygen atoms in total. The minimum Gasteiger partial charge on any atom is -0.366 e. The molecule has 0 spiro atoms. The number of amides is 3. The van der Waals surface area contributed by atoms with E-state index in [1.165, 1.54) is 0 Å². The number of primary amides is 1. The Labute approximate surface area is 289 Å². The van der Waals surface area contributed by atoms with Crippen LogP contribution in [0.5, 0.6) is 0 Å². The first kappa shape index (κ1) is 34.1. The summed E-state index contributed by atoms with van der Waals surface area (Å²) in [6.07, 6.45) is -12.0. The van der Waals surface area contributed by atoms with Gasteiger partial charge in [-0.05, 0) is 83.0 Å². The number of aryl methyl sites for hydroxylation is 1. The first-order chi connectivity index (χ1) is 23.9. The molecule has 51 heavy (non-hydrogen) atoms. The van der Waals surface area contributed by atoms with Crippen LogP contribution in [0.15, 0.2) is 66.7 Å². The van der Waals surface area contributed by atoms with E-state index in [0.29, 0.717) is 49.6 Å². The largest absolute Gasteiger partial charge is 0.411 e. The van der Waals surface area contributed by atoms with Crippen molar-refractivity contribution in [3.05, 3.63) is 122 Å². The van der Waals surface area contributed by atoms with Crippen molar-refractivity contribution in [1.82, 2.24) is 0 Å². The van der Waals surface area contributed by atoms with Gasteiger partial charge in [0, 0.05) is 30.0 Å². The van der Waals surface area contributed by atoms with Crippen molar-refractivity contribution in [2.45, 2.75) is 64.5 Å². The third-order valence-corrected chi connectivity index (χ3v) is 10.3. The molecule has 0 fully saturated rings. The first-order valence-electron chi connectivity index (χ1n) is 16.2. The highest BCUT2D eigenvalue weighted by Crippen LogP contribution is 2.57. The number of para-hydroxylation sites is 1. The van der Waals surface area contributed by atoms with Crippen LogP contribution in [0.1, 0.15) is 89.8 Å². The Balaban J connectivity index is 1.33. The molecule has 0 aliphatic carbocycles. The maximum absolute atomic E-state index is 15.1. The van der Waals surface area contributed by atoms with Crippen molar-refractivity contribution >= 4 is 34.8 Å². The predicted molar refractivity (Wildman–Crippen MR) is 179 cm³/mol. The van der Waals surface area contributed by atoms with Crippen LogP contribution < -0.4 is 20.4 Å². The molecule has 0 aromatic heterocycles. The van der Waals surface area contributed by atoms with Crippen molar-refractivity contribution in [3.8, 4) is 0 Å². The molecule has 4 aromatic carbocycles. The number of nitrogens with two attached hydrogens (primary N) is 1. The summed E-state index contributed by atoms with van der Waals surface area (Å²) in [6.45, 7) is 8.67. The smallest absolute Gasteiger partial charge is 0.366 e. The second-order valence-electron chi connectivity index (χ2n) is 13.6. The second-order valence-corrected chi connectivity index (χ2v) is 13.6. The summed E-state index contributed by atoms with van der Waals surface area (Å²) >= 11 is 0. The Morgan fingerprint density at radius 3 is 1.96 bits per heavy atom. The summed E-state index contributed by atoms with van der Waals surface area (Å²) in [5, 5.41) is 0. The van der Waals surface area contributed by atoms with Crippen LogP contribution in [0.4, 0.5) is 43.4 Å². The number of nitrogens with zero attached hydrogens (tertiary/aromatic N) is 3. The number of fused-ring (bicyclic) bond motifs is 7. The standard InChI is InChI=1S/C38H32F6N4O3/c1-19(2)26-11-9-24(14-28(26)33(45)49)36(37(39,40)41,38(42,43)44)25-10-12-27-29(15-25)35(51)48(34(27)50)30-13-8-23-17-46-18-47(32(23)21(30)4)16-22-7-5-6-20(3)31(22)46/h5-15,19H,16-18H2,1-4H3,(H2,45,49). The van der Waals surface area contributed by atoms with Gasteiger partial charge in [-0.15, -0.1) is 0 Å². The van der Waals surface area contributed by atoms with Crippen molar-refractivity contribution in [3.63, 3.8) is 0 Å². The summed E-state index contributed by atoms with van der Waals surface area (Å²) in [6, 6.07) is 13.5. The minimum atomic E-state index is -6.01. The lowest BCUT2D eigenvalue weighted by Crippen LogP contribution is -2.55. The van der Waals surface area contributed by atoms with E-state index in [9.17, 15) is 14.4 Å². The van der Waals surface area contributed by atoms with Crippen LogP contribution >= 0.6 is 0 Å². The van der Waals surface area contributed by atoms with E-state index in [4.69, 9.17) is 5.73 Å². The molecule has 3 heterocycles. The number of rotatable bonds is 5. The van der Waals surface area contributed by atoms with E-state index in [1.807, 2.05) is 25.1 Å². The Bertz CT molecular complexity index is 2160. The molecule has 2 bridgehead atoms. The SMILES string of the molecule is Cc1cccc2c1N1Cc3ccc(N4C(=O)c5ccc(C(c6ccc(C(C)C)c(C(N)=O)c6)(C(F)(F)F)C(F)(F)F)cc5C4=O)c(C)c3N(C2)C1. The van der Waals surface area contributed by atoms with E-state index in [0.717, 1.165) is 45.1 Å². The molecular weight excluding hydrogens is 674 g/mol. The molecule has 13 heteroatoms. The number of halogens is 6. The van der Waals surface area contributed by atoms with Crippen LogP contribution in [0.3, 0.4) is 0 Å². The quantitative estimate of drug-likeness (QED) is 0.168. The summed E-state index contributed by atoms with van der Waals surface area (Å²) in [4.78, 5) is 45.2. The lowest BCUT2D eigenvalue weighted by atomic mass is 9.71. The average Bonchev–Trinajstić information content (AvgIpc) is 3.28. The van der Waals surface area contributed by atoms with Gasteiger partial charge in [-0.3, -0.25) is 14.4 Å². The molecule has 0 saturated carbocycles. The molecule has 2 N–H and O–H groups in total. The van der Waals surface area contributed by atoms with Crippen LogP contribution in [0.2, 0.25) is 0 Å². The van der Waals surface area contributed by atoms with E-state index in [2.05, 4.69) is 9.80 Å². The molecule has 0 radical (unpaired) electrons. The molecular formula is C38H32F6N4O3. The first-order valence-corrected chi connectivity index (χ1v) is 16.2. The highest BCUT2D eigenvalue weighted by Gasteiger charge is 2.72. The Morgan fingerprint density at radius 1 is 0.745 bits per heavy atom. The van der Waals surface area contributed by atoms with E-state index < -0.39 is 63.7 Å². The van der Waals surface area contributed by atoms with Crippen LogP contribution in [0.25, 0.3) is 0 Å². The number of anilines is 3. The maximum Gasteiger partial charge on any atom is 0.411 e. The number of carbonyl (C=O) groups is 3. The Hall–Kier alpha value is -5.33. The van der Waals surface area contributed by atoms with E-state index in [1.54, 1.807) is 32.9 Å². The van der Waals surface area contributed by atoms with Gasteiger partial charge in [-0.25, -0.2) is 4.90 Å². The summed E-state index contributed by atoms with van der Waals surface area (Å²) in [7, 11) is 0. The number of carbonyl (C=O) groups excluding carboxylic acids is 3. The highest BCUT2D eigenvalue weighted by atomic mass is 19.4. The fraction of sp³-hybridized carbons (Fsp3) is 0.289. The third kappa shape index (κ3) is 4.84. The number of hydrogen-bond donors (Lipinski definition) is 1. The number of imide groups is 1. The third-order valence-electron chi connectivity index (χ3n) is 10.3. The molecule has 3 aliphatic heterocycles. The minimum absolute atomic E-state index is 0.173. The zero-order valence-corrected chi connectivity index (χ0v) is 28.0. The van der Waals surface area contributed by atoms with Gasteiger partial charge in [0.15, 0.2) is 0 Å². The molecule has 0 atom stereocenters. The number of benzene rings is 4. The summed E-state index contributed by atoms with van der Waals surface area (Å²) in [5.41, 5.74) is 2.73. The highest BCUT2D eigenvalue weighted by molar-refractivity contribution is 6.34. The second kappa shape index (κ2) is 11.3. The molecule has 4 aromatic rings. The molecule has 3 aliphatic rings. The molecule has 0 saturated heterocycles. The van der Waals surface area contributed by atoms with Gasteiger partial charge in [0.1, 0.15) is 0 Å². The predicted octanol–water partition coefficient (Wildman–Crippen LogP) is 8.03. The van der Waals surface area contributed by atoms with Crippen molar-refractivity contribution < 1.29 is 40.7 Å². The van der Waals surface area contributed by atoms with E-state index in [-0.39, 0.29) is 16.8 Å². The van der Waals surface area contributed by atoms with Crippen molar-refractivity contribution in [1.29, 1.82) is 0 Å².